The van der Waals surface area contributed by atoms with E-state index in [4.69, 9.17) is 28.4 Å². The van der Waals surface area contributed by atoms with Crippen molar-refractivity contribution in [3.63, 3.8) is 0 Å². The summed E-state index contributed by atoms with van der Waals surface area (Å²) >= 11 is 0. The van der Waals surface area contributed by atoms with Gasteiger partial charge in [-0.15, -0.1) is 0 Å². The Morgan fingerprint density at radius 1 is 1.04 bits per heavy atom. The summed E-state index contributed by atoms with van der Waals surface area (Å²) < 4.78 is 87.1. The summed E-state index contributed by atoms with van der Waals surface area (Å²) in [5.74, 6) is 1.15. The second-order valence-electron chi connectivity index (χ2n) is 12.7. The quantitative estimate of drug-likeness (QED) is 0.201. The van der Waals surface area contributed by atoms with Gasteiger partial charge in [0.15, 0.2) is 17.8 Å². The van der Waals surface area contributed by atoms with Crippen LogP contribution >= 0.6 is 0 Å². The van der Waals surface area contributed by atoms with Gasteiger partial charge in [-0.1, -0.05) is 26.0 Å². The fourth-order valence-electron chi connectivity index (χ4n) is 5.85. The van der Waals surface area contributed by atoms with Crippen molar-refractivity contribution in [1.29, 1.82) is 0 Å². The number of fused-ring (bicyclic) bond motifs is 2. The van der Waals surface area contributed by atoms with Crippen molar-refractivity contribution in [2.45, 2.75) is 62.5 Å². The SMILES string of the molecule is CC(C)CN(C[C@@H](O)[C@H](Cc1ccc(OCCCNS(C)(=O)=O)cc1)NC(=O)O[C@H]1CO[C@H]2OCC[C@H]21)S(=O)(=O)c1ccc2c(c1)OCO2. The number of sulfonamides is 2. The zero-order chi connectivity index (χ0) is 35.2. The third-order valence-corrected chi connectivity index (χ3v) is 10.8. The molecule has 0 saturated carbocycles. The lowest BCUT2D eigenvalue weighted by molar-refractivity contribution is -0.0907. The molecule has 3 N–H and O–H groups in total. The van der Waals surface area contributed by atoms with Crippen molar-refractivity contribution in [2.24, 2.45) is 11.8 Å². The molecule has 0 aromatic heterocycles. The first-order chi connectivity index (χ1) is 23.3. The van der Waals surface area contributed by atoms with E-state index < -0.39 is 50.7 Å². The first-order valence-corrected chi connectivity index (χ1v) is 19.6. The zero-order valence-electron chi connectivity index (χ0n) is 27.8. The van der Waals surface area contributed by atoms with Crippen molar-refractivity contribution < 1.29 is 55.2 Å². The third-order valence-electron chi connectivity index (χ3n) is 8.29. The predicted octanol–water partition coefficient (Wildman–Crippen LogP) is 1.84. The summed E-state index contributed by atoms with van der Waals surface area (Å²) in [6.07, 6.45) is -0.632. The van der Waals surface area contributed by atoms with Gasteiger partial charge in [-0.05, 0) is 55.0 Å². The molecule has 272 valence electrons. The number of rotatable bonds is 17. The van der Waals surface area contributed by atoms with Crippen LogP contribution in [0, 0.1) is 11.8 Å². The molecule has 0 bridgehead atoms. The molecule has 0 aliphatic carbocycles. The maximum atomic E-state index is 13.9. The van der Waals surface area contributed by atoms with Gasteiger partial charge in [-0.3, -0.25) is 0 Å². The highest BCUT2D eigenvalue weighted by Crippen LogP contribution is 2.35. The summed E-state index contributed by atoms with van der Waals surface area (Å²) in [7, 11) is -7.37. The number of carbonyl (C=O) groups is 1. The molecule has 0 unspecified atom stereocenters. The summed E-state index contributed by atoms with van der Waals surface area (Å²) in [5, 5.41) is 14.4. The molecule has 2 saturated heterocycles. The van der Waals surface area contributed by atoms with E-state index in [0.29, 0.717) is 36.7 Å². The van der Waals surface area contributed by atoms with Crippen LogP contribution in [-0.4, -0.2) is 109 Å². The number of nitrogens with one attached hydrogen (secondary N) is 2. The number of hydrogen-bond donors (Lipinski definition) is 3. The second-order valence-corrected chi connectivity index (χ2v) is 16.5. The highest BCUT2D eigenvalue weighted by molar-refractivity contribution is 7.89. The molecule has 3 heterocycles. The molecule has 17 heteroatoms. The van der Waals surface area contributed by atoms with Crippen LogP contribution in [0.3, 0.4) is 0 Å². The third kappa shape index (κ3) is 10.2. The van der Waals surface area contributed by atoms with E-state index in [9.17, 15) is 26.7 Å². The maximum Gasteiger partial charge on any atom is 0.407 e. The molecule has 15 nitrogen and oxygen atoms in total. The minimum atomic E-state index is -4.09. The van der Waals surface area contributed by atoms with Crippen LogP contribution in [0.15, 0.2) is 47.4 Å². The van der Waals surface area contributed by atoms with E-state index in [-0.39, 0.29) is 62.8 Å². The summed E-state index contributed by atoms with van der Waals surface area (Å²) in [6.45, 7) is 4.78. The molecule has 5 atom stereocenters. The Balaban J connectivity index is 1.29. The Hall–Kier alpha value is -3.19. The van der Waals surface area contributed by atoms with Crippen LogP contribution in [0.1, 0.15) is 32.3 Å². The Kier molecular flexibility index (Phi) is 12.3. The predicted molar refractivity (Wildman–Crippen MR) is 176 cm³/mol. The van der Waals surface area contributed by atoms with Gasteiger partial charge < -0.3 is 38.8 Å². The topological polar surface area (TPSA) is 188 Å². The molecule has 1 amide bonds. The van der Waals surface area contributed by atoms with E-state index >= 15 is 0 Å². The van der Waals surface area contributed by atoms with Gasteiger partial charge in [-0.2, -0.15) is 4.31 Å². The molecule has 2 aromatic rings. The molecule has 2 aromatic carbocycles. The minimum absolute atomic E-state index is 0.00587. The summed E-state index contributed by atoms with van der Waals surface area (Å²) in [4.78, 5) is 13.2. The lowest BCUT2D eigenvalue weighted by Gasteiger charge is -2.31. The minimum Gasteiger partial charge on any atom is -0.494 e. The largest absolute Gasteiger partial charge is 0.494 e. The Morgan fingerprint density at radius 3 is 2.53 bits per heavy atom. The van der Waals surface area contributed by atoms with Gasteiger partial charge in [0, 0.05) is 25.7 Å². The first-order valence-electron chi connectivity index (χ1n) is 16.2. The molecule has 2 fully saturated rings. The molecule has 49 heavy (non-hydrogen) atoms. The van der Waals surface area contributed by atoms with Crippen molar-refractivity contribution >= 4 is 26.1 Å². The van der Waals surface area contributed by atoms with E-state index in [1.807, 2.05) is 13.8 Å². The smallest absolute Gasteiger partial charge is 0.407 e. The fourth-order valence-corrected chi connectivity index (χ4v) is 8.00. The Morgan fingerprint density at radius 2 is 1.80 bits per heavy atom. The van der Waals surface area contributed by atoms with Gasteiger partial charge in [0.05, 0.1) is 49.0 Å². The maximum absolute atomic E-state index is 13.9. The lowest BCUT2D eigenvalue weighted by atomic mass is 10.0. The van der Waals surface area contributed by atoms with E-state index in [1.54, 1.807) is 24.3 Å². The van der Waals surface area contributed by atoms with E-state index in [0.717, 1.165) is 11.8 Å². The number of aliphatic hydroxyl groups is 1. The molecule has 0 radical (unpaired) electrons. The Bertz CT molecular complexity index is 1640. The highest BCUT2D eigenvalue weighted by atomic mass is 32.2. The fraction of sp³-hybridized carbons (Fsp3) is 0.594. The van der Waals surface area contributed by atoms with Crippen molar-refractivity contribution in [3.8, 4) is 17.2 Å². The number of nitrogens with zero attached hydrogens (tertiary/aromatic N) is 1. The molecule has 3 aliphatic rings. The van der Waals surface area contributed by atoms with E-state index in [2.05, 4.69) is 10.0 Å². The first kappa shape index (κ1) is 37.1. The molecule has 5 rings (SSSR count). The number of hydrogen-bond acceptors (Lipinski definition) is 12. The van der Waals surface area contributed by atoms with Crippen LogP contribution in [0.25, 0.3) is 0 Å². The van der Waals surface area contributed by atoms with Crippen LogP contribution in [0.5, 0.6) is 17.2 Å². The standard InChI is InChI=1S/C32H45N3O12S2/c1-21(2)17-35(49(40,41)24-9-10-28-29(16-24)46-20-45-28)18-27(36)26(34-32(37)47-30-19-44-31-25(30)11-14-43-31)15-22-5-7-23(8-6-22)42-13-4-12-33-48(3,38)39/h5-10,16,21,25-27,30-31,33,36H,4,11-15,17-20H2,1-3H3,(H,34,37)/t25-,26-,27+,30-,31+/m0/s1. The monoisotopic (exact) mass is 727 g/mol. The highest BCUT2D eigenvalue weighted by Gasteiger charge is 2.44. The number of carbonyl (C=O) groups excluding carboxylic acids is 1. The molecular formula is C32H45N3O12S2. The van der Waals surface area contributed by atoms with Crippen LogP contribution in [0.4, 0.5) is 4.79 Å². The van der Waals surface area contributed by atoms with Crippen LogP contribution in [0.2, 0.25) is 0 Å². The van der Waals surface area contributed by atoms with Gasteiger partial charge in [0.2, 0.25) is 26.8 Å². The molecular weight excluding hydrogens is 682 g/mol. The second kappa shape index (κ2) is 16.2. The van der Waals surface area contributed by atoms with Crippen LogP contribution in [-0.2, 0) is 40.7 Å². The number of ether oxygens (including phenoxy) is 6. The van der Waals surface area contributed by atoms with Gasteiger partial charge in [-0.25, -0.2) is 26.4 Å². The summed E-state index contributed by atoms with van der Waals surface area (Å²) in [6, 6.07) is 10.4. The number of alkyl carbamates (subject to hydrolysis) is 1. The molecule has 3 aliphatic heterocycles. The van der Waals surface area contributed by atoms with Gasteiger partial charge in [0.1, 0.15) is 11.9 Å². The number of benzene rings is 2. The Labute approximate surface area is 287 Å². The average molecular weight is 728 g/mol. The van der Waals surface area contributed by atoms with Crippen molar-refractivity contribution in [1.82, 2.24) is 14.3 Å². The number of amides is 1. The van der Waals surface area contributed by atoms with E-state index in [1.165, 1.54) is 22.5 Å². The zero-order valence-corrected chi connectivity index (χ0v) is 29.4. The van der Waals surface area contributed by atoms with Gasteiger partial charge >= 0.3 is 6.09 Å². The summed E-state index contributed by atoms with van der Waals surface area (Å²) in [5.41, 5.74) is 0.734. The van der Waals surface area contributed by atoms with Crippen molar-refractivity contribution in [3.05, 3.63) is 48.0 Å². The average Bonchev–Trinajstić information content (AvgIpc) is 3.79. The molecule has 0 spiro atoms. The normalized spacial score (nSPS) is 21.5. The number of aliphatic hydroxyl groups excluding tert-OH is 1. The van der Waals surface area contributed by atoms with Crippen LogP contribution < -0.4 is 24.2 Å². The van der Waals surface area contributed by atoms with Gasteiger partial charge in [0.25, 0.3) is 0 Å². The lowest BCUT2D eigenvalue weighted by Crippen LogP contribution is -2.51. The van der Waals surface area contributed by atoms with Crippen molar-refractivity contribution in [2.75, 3.05) is 52.5 Å².